The van der Waals surface area contributed by atoms with Gasteiger partial charge in [-0.2, -0.15) is 0 Å². The second kappa shape index (κ2) is 4.23. The number of aromatic nitrogens is 2. The van der Waals surface area contributed by atoms with Crippen LogP contribution in [0.4, 0.5) is 0 Å². The molecule has 0 spiro atoms. The van der Waals surface area contributed by atoms with Crippen LogP contribution >= 0.6 is 0 Å². The van der Waals surface area contributed by atoms with Gasteiger partial charge in [0.05, 0.1) is 24.8 Å². The van der Waals surface area contributed by atoms with Crippen molar-refractivity contribution in [1.29, 1.82) is 0 Å². The standard InChI is InChI=1S/C8H14N2O2/c1-3-10-6-9-4-7(10)8(11)5-12-2/h4,6,8,11H,3,5H2,1-2H3. The Labute approximate surface area is 71.8 Å². The van der Waals surface area contributed by atoms with Crippen LogP contribution in [0.5, 0.6) is 0 Å². The van der Waals surface area contributed by atoms with Crippen molar-refractivity contribution < 1.29 is 9.84 Å². The van der Waals surface area contributed by atoms with Crippen molar-refractivity contribution in [1.82, 2.24) is 9.55 Å². The molecule has 1 unspecified atom stereocenters. The maximum atomic E-state index is 9.54. The van der Waals surface area contributed by atoms with Crippen LogP contribution < -0.4 is 0 Å². The van der Waals surface area contributed by atoms with E-state index in [1.54, 1.807) is 19.6 Å². The molecule has 4 heteroatoms. The molecule has 1 atom stereocenters. The van der Waals surface area contributed by atoms with Gasteiger partial charge < -0.3 is 14.4 Å². The van der Waals surface area contributed by atoms with Crippen molar-refractivity contribution in [3.05, 3.63) is 18.2 Å². The first kappa shape index (κ1) is 9.22. The lowest BCUT2D eigenvalue weighted by Crippen LogP contribution is -2.10. The number of aryl methyl sites for hydroxylation is 1. The zero-order valence-corrected chi connectivity index (χ0v) is 7.40. The summed E-state index contributed by atoms with van der Waals surface area (Å²) < 4.78 is 6.73. The molecule has 1 heterocycles. The topological polar surface area (TPSA) is 47.3 Å². The second-order valence-corrected chi connectivity index (χ2v) is 2.58. The van der Waals surface area contributed by atoms with E-state index < -0.39 is 6.10 Å². The van der Waals surface area contributed by atoms with Crippen molar-refractivity contribution in [2.45, 2.75) is 19.6 Å². The molecule has 0 amide bonds. The third kappa shape index (κ3) is 1.84. The molecule has 0 fully saturated rings. The van der Waals surface area contributed by atoms with Crippen LogP contribution in [0.1, 0.15) is 18.7 Å². The summed E-state index contributed by atoms with van der Waals surface area (Å²) in [7, 11) is 1.57. The van der Waals surface area contributed by atoms with Crippen molar-refractivity contribution in [3.8, 4) is 0 Å². The number of imidazole rings is 1. The van der Waals surface area contributed by atoms with Gasteiger partial charge in [0.1, 0.15) is 6.10 Å². The lowest BCUT2D eigenvalue weighted by Gasteiger charge is -2.10. The molecule has 1 aromatic heterocycles. The summed E-state index contributed by atoms with van der Waals surface area (Å²) in [4.78, 5) is 3.94. The Hall–Kier alpha value is -0.870. The Bertz CT molecular complexity index is 235. The van der Waals surface area contributed by atoms with Crippen molar-refractivity contribution in [2.75, 3.05) is 13.7 Å². The summed E-state index contributed by atoms with van der Waals surface area (Å²) in [6.07, 6.45) is 2.79. The van der Waals surface area contributed by atoms with E-state index in [9.17, 15) is 5.11 Å². The van der Waals surface area contributed by atoms with E-state index in [2.05, 4.69) is 4.98 Å². The van der Waals surface area contributed by atoms with E-state index in [1.807, 2.05) is 11.5 Å². The highest BCUT2D eigenvalue weighted by molar-refractivity contribution is 5.02. The van der Waals surface area contributed by atoms with E-state index in [1.165, 1.54) is 0 Å². The minimum absolute atomic E-state index is 0.311. The Morgan fingerprint density at radius 1 is 1.75 bits per heavy atom. The first-order valence-corrected chi connectivity index (χ1v) is 3.96. The third-order valence-corrected chi connectivity index (χ3v) is 1.75. The highest BCUT2D eigenvalue weighted by Gasteiger charge is 2.10. The predicted molar refractivity (Wildman–Crippen MR) is 44.7 cm³/mol. The lowest BCUT2D eigenvalue weighted by atomic mass is 10.3. The third-order valence-electron chi connectivity index (χ3n) is 1.75. The molecule has 1 rings (SSSR count). The monoisotopic (exact) mass is 170 g/mol. The molecule has 4 nitrogen and oxygen atoms in total. The smallest absolute Gasteiger partial charge is 0.119 e. The molecular formula is C8H14N2O2. The van der Waals surface area contributed by atoms with Crippen molar-refractivity contribution in [3.63, 3.8) is 0 Å². The van der Waals surface area contributed by atoms with Crippen LogP contribution in [0.15, 0.2) is 12.5 Å². The number of methoxy groups -OCH3 is 1. The highest BCUT2D eigenvalue weighted by Crippen LogP contribution is 2.11. The van der Waals surface area contributed by atoms with Crippen molar-refractivity contribution >= 4 is 0 Å². The van der Waals surface area contributed by atoms with E-state index in [-0.39, 0.29) is 0 Å². The van der Waals surface area contributed by atoms with E-state index in [0.29, 0.717) is 6.61 Å². The number of hydrogen-bond acceptors (Lipinski definition) is 3. The first-order valence-electron chi connectivity index (χ1n) is 3.96. The number of aliphatic hydroxyl groups excluding tert-OH is 1. The van der Waals surface area contributed by atoms with Gasteiger partial charge in [0, 0.05) is 13.7 Å². The lowest BCUT2D eigenvalue weighted by molar-refractivity contribution is 0.0594. The SMILES string of the molecule is CCn1cncc1C(O)COC. The fourth-order valence-corrected chi connectivity index (χ4v) is 1.12. The average Bonchev–Trinajstić information content (AvgIpc) is 2.51. The van der Waals surface area contributed by atoms with Gasteiger partial charge in [0.15, 0.2) is 0 Å². The molecule has 0 saturated heterocycles. The summed E-state index contributed by atoms with van der Waals surface area (Å²) in [5.74, 6) is 0. The molecular weight excluding hydrogens is 156 g/mol. The molecule has 0 aromatic carbocycles. The maximum Gasteiger partial charge on any atom is 0.119 e. The Balaban J connectivity index is 2.71. The van der Waals surface area contributed by atoms with Crippen LogP contribution in [-0.4, -0.2) is 28.4 Å². The van der Waals surface area contributed by atoms with Crippen LogP contribution in [0.25, 0.3) is 0 Å². The molecule has 68 valence electrons. The summed E-state index contributed by atoms with van der Waals surface area (Å²) >= 11 is 0. The molecule has 0 saturated carbocycles. The van der Waals surface area contributed by atoms with Crippen LogP contribution in [0.3, 0.4) is 0 Å². The van der Waals surface area contributed by atoms with Gasteiger partial charge >= 0.3 is 0 Å². The molecule has 12 heavy (non-hydrogen) atoms. The molecule has 0 aliphatic carbocycles. The largest absolute Gasteiger partial charge is 0.384 e. The Morgan fingerprint density at radius 2 is 2.50 bits per heavy atom. The highest BCUT2D eigenvalue weighted by atomic mass is 16.5. The maximum absolute atomic E-state index is 9.54. The van der Waals surface area contributed by atoms with Crippen LogP contribution in [-0.2, 0) is 11.3 Å². The van der Waals surface area contributed by atoms with Gasteiger partial charge in [-0.05, 0) is 6.92 Å². The minimum atomic E-state index is -0.572. The van der Waals surface area contributed by atoms with Gasteiger partial charge in [-0.15, -0.1) is 0 Å². The quantitative estimate of drug-likeness (QED) is 0.719. The Morgan fingerprint density at radius 3 is 3.08 bits per heavy atom. The molecule has 0 bridgehead atoms. The van der Waals surface area contributed by atoms with Crippen LogP contribution in [0.2, 0.25) is 0 Å². The normalized spacial score (nSPS) is 13.2. The average molecular weight is 170 g/mol. The molecule has 0 radical (unpaired) electrons. The molecule has 1 N–H and O–H groups in total. The van der Waals surface area contributed by atoms with Gasteiger partial charge in [-0.25, -0.2) is 4.98 Å². The summed E-state index contributed by atoms with van der Waals surface area (Å²) in [5.41, 5.74) is 0.805. The number of hydrogen-bond donors (Lipinski definition) is 1. The van der Waals surface area contributed by atoms with Crippen molar-refractivity contribution in [2.24, 2.45) is 0 Å². The zero-order valence-electron chi connectivity index (χ0n) is 7.40. The minimum Gasteiger partial charge on any atom is -0.384 e. The van der Waals surface area contributed by atoms with E-state index >= 15 is 0 Å². The second-order valence-electron chi connectivity index (χ2n) is 2.58. The molecule has 0 aliphatic rings. The number of rotatable bonds is 4. The molecule has 0 aliphatic heterocycles. The number of ether oxygens (including phenoxy) is 1. The summed E-state index contributed by atoms with van der Waals surface area (Å²) in [5, 5.41) is 9.54. The zero-order chi connectivity index (χ0) is 8.97. The van der Waals surface area contributed by atoms with Gasteiger partial charge in [-0.3, -0.25) is 0 Å². The van der Waals surface area contributed by atoms with Gasteiger partial charge in [0.25, 0.3) is 0 Å². The summed E-state index contributed by atoms with van der Waals surface area (Å²) in [6.45, 7) is 3.13. The van der Waals surface area contributed by atoms with Crippen LogP contribution in [0, 0.1) is 0 Å². The fourth-order valence-electron chi connectivity index (χ4n) is 1.12. The Kier molecular flexibility index (Phi) is 3.25. The van der Waals surface area contributed by atoms with Gasteiger partial charge in [0.2, 0.25) is 0 Å². The number of aliphatic hydroxyl groups is 1. The van der Waals surface area contributed by atoms with E-state index in [0.717, 1.165) is 12.2 Å². The first-order chi connectivity index (χ1) is 5.79. The van der Waals surface area contributed by atoms with Gasteiger partial charge in [-0.1, -0.05) is 0 Å². The van der Waals surface area contributed by atoms with E-state index in [4.69, 9.17) is 4.74 Å². The summed E-state index contributed by atoms with van der Waals surface area (Å²) in [6, 6.07) is 0. The number of nitrogens with zero attached hydrogens (tertiary/aromatic N) is 2. The predicted octanol–water partition coefficient (Wildman–Crippen LogP) is 0.583. The molecule has 1 aromatic rings. The fraction of sp³-hybridized carbons (Fsp3) is 0.625.